The van der Waals surface area contributed by atoms with Crippen molar-refractivity contribution >= 4 is 50.0 Å². The number of fused-ring (bicyclic) bond motifs is 1. The summed E-state index contributed by atoms with van der Waals surface area (Å²) in [7, 11) is 0. The summed E-state index contributed by atoms with van der Waals surface area (Å²) < 4.78 is 0.986. The number of aromatic nitrogens is 2. The van der Waals surface area contributed by atoms with Gasteiger partial charge in [0.2, 0.25) is 5.91 Å². The molecule has 0 radical (unpaired) electrons. The van der Waals surface area contributed by atoms with Crippen LogP contribution in [-0.4, -0.2) is 29.0 Å². The van der Waals surface area contributed by atoms with Gasteiger partial charge in [-0.2, -0.15) is 0 Å². The molecule has 4 rings (SSSR count). The number of H-pyrrole nitrogens is 1. The predicted molar refractivity (Wildman–Crippen MR) is 109 cm³/mol. The molecule has 1 aliphatic heterocycles. The standard InChI is InChI=1S/C19H16BrClN4O2/c20-11-3-1-2-10(4-11)13-7-22-8-14(13)19(27)25-17-6-16-12(5-15(17)21)18(26)24-9-23-16/h1-6,9,13-14,22H,7-8H2,(H,25,27)(H,23,24,26)/t13-,14+/m0/s1. The van der Waals surface area contributed by atoms with Crippen LogP contribution in [0.2, 0.25) is 5.02 Å². The normalized spacial score (nSPS) is 19.3. The second-order valence-electron chi connectivity index (χ2n) is 6.50. The highest BCUT2D eigenvalue weighted by Gasteiger charge is 2.34. The highest BCUT2D eigenvalue weighted by Crippen LogP contribution is 2.32. The molecule has 1 fully saturated rings. The van der Waals surface area contributed by atoms with Crippen molar-refractivity contribution in [3.8, 4) is 0 Å². The molecular formula is C19H16BrClN4O2. The van der Waals surface area contributed by atoms with Gasteiger partial charge < -0.3 is 15.6 Å². The Morgan fingerprint density at radius 1 is 1.26 bits per heavy atom. The van der Waals surface area contributed by atoms with Crippen LogP contribution < -0.4 is 16.2 Å². The van der Waals surface area contributed by atoms with E-state index in [0.29, 0.717) is 28.2 Å². The first-order valence-electron chi connectivity index (χ1n) is 8.47. The lowest BCUT2D eigenvalue weighted by molar-refractivity contribution is -0.119. The molecule has 6 nitrogen and oxygen atoms in total. The summed E-state index contributed by atoms with van der Waals surface area (Å²) in [6, 6.07) is 11.2. The monoisotopic (exact) mass is 446 g/mol. The second-order valence-corrected chi connectivity index (χ2v) is 7.82. The smallest absolute Gasteiger partial charge is 0.258 e. The Morgan fingerprint density at radius 3 is 2.93 bits per heavy atom. The Labute approximate surface area is 168 Å². The highest BCUT2D eigenvalue weighted by molar-refractivity contribution is 9.10. The summed E-state index contributed by atoms with van der Waals surface area (Å²) in [5.74, 6) is -0.267. The molecule has 0 unspecified atom stereocenters. The average molecular weight is 448 g/mol. The van der Waals surface area contributed by atoms with E-state index in [1.165, 1.54) is 12.4 Å². The zero-order valence-corrected chi connectivity index (χ0v) is 16.5. The number of amides is 1. The Kier molecular flexibility index (Phi) is 4.99. The third-order valence-corrected chi connectivity index (χ3v) is 5.62. The summed E-state index contributed by atoms with van der Waals surface area (Å²) in [6.45, 7) is 1.32. The fourth-order valence-corrected chi connectivity index (χ4v) is 4.08. The molecule has 0 aliphatic carbocycles. The summed E-state index contributed by atoms with van der Waals surface area (Å²) in [5.41, 5.74) is 1.76. The first-order chi connectivity index (χ1) is 13.0. The molecule has 27 heavy (non-hydrogen) atoms. The van der Waals surface area contributed by atoms with E-state index < -0.39 is 0 Å². The number of carbonyl (C=O) groups excluding carboxylic acids is 1. The highest BCUT2D eigenvalue weighted by atomic mass is 79.9. The molecule has 3 N–H and O–H groups in total. The molecule has 1 aromatic heterocycles. The van der Waals surface area contributed by atoms with E-state index in [1.807, 2.05) is 24.3 Å². The van der Waals surface area contributed by atoms with Crippen LogP contribution in [0.15, 0.2) is 52.0 Å². The Morgan fingerprint density at radius 2 is 2.11 bits per heavy atom. The summed E-state index contributed by atoms with van der Waals surface area (Å²) in [6.07, 6.45) is 1.33. The minimum absolute atomic E-state index is 0.0719. The number of halogens is 2. The van der Waals surface area contributed by atoms with Gasteiger partial charge in [-0.05, 0) is 29.8 Å². The molecule has 0 spiro atoms. The molecule has 1 aliphatic rings. The van der Waals surface area contributed by atoms with E-state index in [9.17, 15) is 9.59 Å². The maximum absolute atomic E-state index is 12.9. The van der Waals surface area contributed by atoms with Gasteiger partial charge in [0.15, 0.2) is 0 Å². The lowest BCUT2D eigenvalue weighted by Gasteiger charge is -2.19. The summed E-state index contributed by atoms with van der Waals surface area (Å²) in [5, 5.41) is 6.88. The van der Waals surface area contributed by atoms with Crippen molar-refractivity contribution in [3.63, 3.8) is 0 Å². The van der Waals surface area contributed by atoms with E-state index in [2.05, 4.69) is 36.5 Å². The minimum Gasteiger partial charge on any atom is -0.324 e. The van der Waals surface area contributed by atoms with Gasteiger partial charge in [-0.25, -0.2) is 4.98 Å². The number of hydrogen-bond acceptors (Lipinski definition) is 4. The number of nitrogens with zero attached hydrogens (tertiary/aromatic N) is 1. The first kappa shape index (κ1) is 18.2. The average Bonchev–Trinajstić information content (AvgIpc) is 3.13. The first-order valence-corrected chi connectivity index (χ1v) is 9.64. The van der Waals surface area contributed by atoms with E-state index in [4.69, 9.17) is 11.6 Å². The number of nitrogens with one attached hydrogen (secondary N) is 3. The summed E-state index contributed by atoms with van der Waals surface area (Å²) >= 11 is 9.77. The topological polar surface area (TPSA) is 86.9 Å². The van der Waals surface area contributed by atoms with Crippen LogP contribution in [0, 0.1) is 5.92 Å². The largest absolute Gasteiger partial charge is 0.324 e. The third-order valence-electron chi connectivity index (χ3n) is 4.81. The number of hydrogen-bond donors (Lipinski definition) is 3. The Bertz CT molecular complexity index is 1080. The molecule has 2 aromatic carbocycles. The van der Waals surface area contributed by atoms with E-state index in [-0.39, 0.29) is 23.3 Å². The lowest BCUT2D eigenvalue weighted by Crippen LogP contribution is -2.28. The minimum atomic E-state index is -0.269. The number of aromatic amines is 1. The molecule has 138 valence electrons. The van der Waals surface area contributed by atoms with Gasteiger partial charge in [-0.1, -0.05) is 39.7 Å². The van der Waals surface area contributed by atoms with Crippen LogP contribution in [0.3, 0.4) is 0 Å². The zero-order chi connectivity index (χ0) is 19.0. The van der Waals surface area contributed by atoms with E-state index >= 15 is 0 Å². The number of carbonyl (C=O) groups is 1. The number of rotatable bonds is 3. The SMILES string of the molecule is O=C(Nc1cc2nc[nH]c(=O)c2cc1Cl)[C@@H]1CNC[C@H]1c1cccc(Br)c1. The Hall–Kier alpha value is -2.22. The van der Waals surface area contributed by atoms with Crippen LogP contribution in [0.1, 0.15) is 11.5 Å². The predicted octanol–water partition coefficient (Wildman–Crippen LogP) is 3.28. The van der Waals surface area contributed by atoms with Gasteiger partial charge in [0.25, 0.3) is 5.56 Å². The van der Waals surface area contributed by atoms with Crippen molar-refractivity contribution in [1.82, 2.24) is 15.3 Å². The molecule has 3 aromatic rings. The quantitative estimate of drug-likeness (QED) is 0.575. The Balaban J connectivity index is 1.61. The van der Waals surface area contributed by atoms with Gasteiger partial charge in [0.05, 0.1) is 33.9 Å². The van der Waals surface area contributed by atoms with Crippen molar-refractivity contribution in [3.05, 3.63) is 68.1 Å². The zero-order valence-electron chi connectivity index (χ0n) is 14.1. The second kappa shape index (κ2) is 7.42. The fourth-order valence-electron chi connectivity index (χ4n) is 3.45. The van der Waals surface area contributed by atoms with Gasteiger partial charge >= 0.3 is 0 Å². The van der Waals surface area contributed by atoms with Gasteiger partial charge in [0, 0.05) is 23.5 Å². The molecule has 1 amide bonds. The van der Waals surface area contributed by atoms with E-state index in [1.54, 1.807) is 6.07 Å². The van der Waals surface area contributed by atoms with Crippen molar-refractivity contribution in [2.75, 3.05) is 18.4 Å². The molecule has 2 heterocycles. The van der Waals surface area contributed by atoms with E-state index in [0.717, 1.165) is 16.6 Å². The molecule has 2 atom stereocenters. The molecule has 8 heteroatoms. The molecule has 0 saturated carbocycles. The van der Waals surface area contributed by atoms with Crippen LogP contribution >= 0.6 is 27.5 Å². The summed E-state index contributed by atoms with van der Waals surface area (Å²) in [4.78, 5) is 31.4. The van der Waals surface area contributed by atoms with Crippen LogP contribution in [0.25, 0.3) is 10.9 Å². The fraction of sp³-hybridized carbons (Fsp3) is 0.211. The molecular weight excluding hydrogens is 432 g/mol. The van der Waals surface area contributed by atoms with Crippen LogP contribution in [0.5, 0.6) is 0 Å². The van der Waals surface area contributed by atoms with Gasteiger partial charge in [-0.3, -0.25) is 9.59 Å². The lowest BCUT2D eigenvalue weighted by atomic mass is 9.88. The van der Waals surface area contributed by atoms with Crippen molar-refractivity contribution in [1.29, 1.82) is 0 Å². The van der Waals surface area contributed by atoms with Crippen molar-refractivity contribution < 1.29 is 4.79 Å². The molecule has 1 saturated heterocycles. The molecule has 0 bridgehead atoms. The van der Waals surface area contributed by atoms with Crippen LogP contribution in [0.4, 0.5) is 5.69 Å². The van der Waals surface area contributed by atoms with Crippen molar-refractivity contribution in [2.45, 2.75) is 5.92 Å². The van der Waals surface area contributed by atoms with Gasteiger partial charge in [0.1, 0.15) is 0 Å². The third kappa shape index (κ3) is 3.63. The maximum Gasteiger partial charge on any atom is 0.258 e. The van der Waals surface area contributed by atoms with Gasteiger partial charge in [-0.15, -0.1) is 0 Å². The van der Waals surface area contributed by atoms with Crippen molar-refractivity contribution in [2.24, 2.45) is 5.92 Å². The van der Waals surface area contributed by atoms with Crippen LogP contribution in [-0.2, 0) is 4.79 Å². The number of benzene rings is 2. The maximum atomic E-state index is 12.9. The number of anilines is 1.